The van der Waals surface area contributed by atoms with Crippen molar-refractivity contribution < 1.29 is 4.79 Å². The van der Waals surface area contributed by atoms with Gasteiger partial charge in [0.05, 0.1) is 11.7 Å². The minimum absolute atomic E-state index is 0.177. The summed E-state index contributed by atoms with van der Waals surface area (Å²) < 4.78 is 0. The largest absolute Gasteiger partial charge is 0.346 e. The molecule has 4 rings (SSSR count). The number of carbonyl (C=O) groups excluding carboxylic acids is 1. The Bertz CT molecular complexity index is 874. The van der Waals surface area contributed by atoms with Gasteiger partial charge in [-0.05, 0) is 32.0 Å². The summed E-state index contributed by atoms with van der Waals surface area (Å²) in [7, 11) is 0. The molecule has 1 unspecified atom stereocenters. The lowest BCUT2D eigenvalue weighted by Gasteiger charge is -2.09. The Balaban J connectivity index is 1.50. The summed E-state index contributed by atoms with van der Waals surface area (Å²) in [5, 5.41) is 21.5. The molecule has 0 radical (unpaired) electrons. The van der Waals surface area contributed by atoms with Gasteiger partial charge in [-0.3, -0.25) is 15.0 Å². The summed E-state index contributed by atoms with van der Waals surface area (Å²) in [6, 6.07) is 5.91. The Hall–Kier alpha value is -2.67. The molecule has 1 aromatic carbocycles. The number of fused-ring (bicyclic) bond motifs is 1. The third-order valence-electron chi connectivity index (χ3n) is 4.59. The molecule has 1 amide bonds. The summed E-state index contributed by atoms with van der Waals surface area (Å²) in [6.07, 6.45) is 2.88. The number of aromatic amines is 2. The predicted molar refractivity (Wildman–Crippen MR) is 90.8 cm³/mol. The van der Waals surface area contributed by atoms with E-state index in [2.05, 4.69) is 31.0 Å². The maximum Gasteiger partial charge on any atom is 0.272 e. The zero-order chi connectivity index (χ0) is 16.5. The number of rotatable bonds is 4. The molecule has 3 heterocycles. The number of H-pyrrole nitrogens is 2. The molecule has 1 fully saturated rings. The molecule has 0 bridgehead atoms. The van der Waals surface area contributed by atoms with Crippen LogP contribution >= 0.6 is 0 Å². The van der Waals surface area contributed by atoms with Crippen LogP contribution in [0, 0.1) is 6.92 Å². The van der Waals surface area contributed by atoms with Crippen molar-refractivity contribution in [3.05, 3.63) is 46.9 Å². The molecule has 7 heteroatoms. The Morgan fingerprint density at radius 1 is 1.38 bits per heavy atom. The minimum atomic E-state index is -0.177. The van der Waals surface area contributed by atoms with Gasteiger partial charge in [0.25, 0.3) is 5.91 Å². The van der Waals surface area contributed by atoms with E-state index < -0.39 is 0 Å². The van der Waals surface area contributed by atoms with Gasteiger partial charge in [-0.15, -0.1) is 0 Å². The number of aromatic nitrogens is 4. The summed E-state index contributed by atoms with van der Waals surface area (Å²) >= 11 is 0. The fraction of sp³-hybridized carbons (Fsp3) is 0.353. The standard InChI is InChI=1S/C17H20N6O/c1-10-2-3-14-13(6-10)16(23-21-14)17(24)19-8-12-9-20-22-15(12)11-4-5-18-7-11/h2-3,6,9,11,18H,4-5,7-8H2,1H3,(H,19,24)(H,20,22)(H,21,23). The topological polar surface area (TPSA) is 98.5 Å². The van der Waals surface area contributed by atoms with Crippen molar-refractivity contribution in [2.75, 3.05) is 13.1 Å². The van der Waals surface area contributed by atoms with Crippen LogP contribution in [0.5, 0.6) is 0 Å². The molecule has 4 N–H and O–H groups in total. The van der Waals surface area contributed by atoms with Crippen LogP contribution < -0.4 is 10.6 Å². The molecule has 1 atom stereocenters. The maximum atomic E-state index is 12.5. The van der Waals surface area contributed by atoms with E-state index in [1.807, 2.05) is 25.1 Å². The molecular formula is C17H20N6O. The van der Waals surface area contributed by atoms with E-state index in [0.717, 1.165) is 47.2 Å². The fourth-order valence-corrected chi connectivity index (χ4v) is 3.28. The van der Waals surface area contributed by atoms with Crippen LogP contribution in [0.4, 0.5) is 0 Å². The molecular weight excluding hydrogens is 304 g/mol. The first-order valence-electron chi connectivity index (χ1n) is 8.18. The van der Waals surface area contributed by atoms with E-state index in [0.29, 0.717) is 18.2 Å². The molecule has 0 saturated carbocycles. The lowest BCUT2D eigenvalue weighted by molar-refractivity contribution is 0.0947. The normalized spacial score (nSPS) is 17.5. The number of amides is 1. The van der Waals surface area contributed by atoms with Crippen LogP contribution in [0.2, 0.25) is 0 Å². The lowest BCUT2D eigenvalue weighted by Crippen LogP contribution is -2.24. The Morgan fingerprint density at radius 3 is 3.12 bits per heavy atom. The SMILES string of the molecule is Cc1ccc2[nH]nc(C(=O)NCc3cn[nH]c3C3CCNC3)c2c1. The number of benzene rings is 1. The van der Waals surface area contributed by atoms with Gasteiger partial charge in [0.15, 0.2) is 5.69 Å². The third-order valence-corrected chi connectivity index (χ3v) is 4.59. The second-order valence-corrected chi connectivity index (χ2v) is 6.30. The molecule has 1 saturated heterocycles. The number of nitrogens with zero attached hydrogens (tertiary/aromatic N) is 2. The first-order valence-corrected chi connectivity index (χ1v) is 8.18. The van der Waals surface area contributed by atoms with Crippen LogP contribution in [-0.2, 0) is 6.54 Å². The smallest absolute Gasteiger partial charge is 0.272 e. The van der Waals surface area contributed by atoms with Crippen molar-refractivity contribution >= 4 is 16.8 Å². The van der Waals surface area contributed by atoms with Crippen LogP contribution in [-0.4, -0.2) is 39.4 Å². The first-order chi connectivity index (χ1) is 11.7. The van der Waals surface area contributed by atoms with E-state index in [4.69, 9.17) is 0 Å². The van der Waals surface area contributed by atoms with E-state index in [9.17, 15) is 4.79 Å². The highest BCUT2D eigenvalue weighted by atomic mass is 16.1. The van der Waals surface area contributed by atoms with Crippen molar-refractivity contribution in [3.63, 3.8) is 0 Å². The van der Waals surface area contributed by atoms with Crippen LogP contribution in [0.25, 0.3) is 10.9 Å². The molecule has 0 spiro atoms. The zero-order valence-electron chi connectivity index (χ0n) is 13.5. The van der Waals surface area contributed by atoms with Gasteiger partial charge >= 0.3 is 0 Å². The third kappa shape index (κ3) is 2.67. The van der Waals surface area contributed by atoms with Gasteiger partial charge in [-0.2, -0.15) is 10.2 Å². The first kappa shape index (κ1) is 14.9. The second kappa shape index (κ2) is 6.09. The summed E-state index contributed by atoms with van der Waals surface area (Å²) in [6.45, 7) is 4.42. The van der Waals surface area contributed by atoms with Gasteiger partial charge in [0, 0.05) is 35.7 Å². The predicted octanol–water partition coefficient (Wildman–Crippen LogP) is 1.60. The van der Waals surface area contributed by atoms with E-state index in [1.54, 1.807) is 6.20 Å². The van der Waals surface area contributed by atoms with Crippen LogP contribution in [0.1, 0.15) is 39.6 Å². The van der Waals surface area contributed by atoms with Crippen molar-refractivity contribution in [1.82, 2.24) is 31.0 Å². The summed E-state index contributed by atoms with van der Waals surface area (Å²) in [5.74, 6) is 0.261. The van der Waals surface area contributed by atoms with E-state index >= 15 is 0 Å². The zero-order valence-corrected chi connectivity index (χ0v) is 13.5. The molecule has 2 aromatic heterocycles. The number of aryl methyl sites for hydroxylation is 1. The summed E-state index contributed by atoms with van der Waals surface area (Å²) in [5.41, 5.74) is 4.55. The monoisotopic (exact) mass is 324 g/mol. The second-order valence-electron chi connectivity index (χ2n) is 6.30. The van der Waals surface area contributed by atoms with Crippen molar-refractivity contribution in [2.24, 2.45) is 0 Å². The number of hydrogen-bond acceptors (Lipinski definition) is 4. The highest BCUT2D eigenvalue weighted by molar-refractivity contribution is 6.04. The van der Waals surface area contributed by atoms with Gasteiger partial charge in [-0.25, -0.2) is 0 Å². The van der Waals surface area contributed by atoms with Gasteiger partial charge in [-0.1, -0.05) is 11.6 Å². The highest BCUT2D eigenvalue weighted by Crippen LogP contribution is 2.23. The Morgan fingerprint density at radius 2 is 2.29 bits per heavy atom. The summed E-state index contributed by atoms with van der Waals surface area (Å²) in [4.78, 5) is 12.5. The maximum absolute atomic E-state index is 12.5. The van der Waals surface area contributed by atoms with Crippen LogP contribution in [0.15, 0.2) is 24.4 Å². The van der Waals surface area contributed by atoms with E-state index in [1.165, 1.54) is 0 Å². The average molecular weight is 324 g/mol. The minimum Gasteiger partial charge on any atom is -0.346 e. The van der Waals surface area contributed by atoms with Crippen molar-refractivity contribution in [2.45, 2.75) is 25.8 Å². The Kier molecular flexibility index (Phi) is 3.78. The molecule has 3 aromatic rings. The molecule has 7 nitrogen and oxygen atoms in total. The fourth-order valence-electron chi connectivity index (χ4n) is 3.28. The number of hydrogen-bond donors (Lipinski definition) is 4. The van der Waals surface area contributed by atoms with Crippen molar-refractivity contribution in [1.29, 1.82) is 0 Å². The molecule has 1 aliphatic rings. The quantitative estimate of drug-likeness (QED) is 0.586. The number of carbonyl (C=O) groups is 1. The van der Waals surface area contributed by atoms with Crippen LogP contribution in [0.3, 0.4) is 0 Å². The molecule has 24 heavy (non-hydrogen) atoms. The molecule has 0 aliphatic carbocycles. The molecule has 124 valence electrons. The van der Waals surface area contributed by atoms with Gasteiger partial charge in [0.1, 0.15) is 0 Å². The lowest BCUT2D eigenvalue weighted by atomic mass is 10.0. The molecule has 1 aliphatic heterocycles. The van der Waals surface area contributed by atoms with Gasteiger partial charge < -0.3 is 10.6 Å². The number of nitrogens with one attached hydrogen (secondary N) is 4. The Labute approximate surface area is 139 Å². The van der Waals surface area contributed by atoms with E-state index in [-0.39, 0.29) is 5.91 Å². The highest BCUT2D eigenvalue weighted by Gasteiger charge is 2.22. The average Bonchev–Trinajstić information content (AvgIpc) is 3.31. The van der Waals surface area contributed by atoms with Gasteiger partial charge in [0.2, 0.25) is 0 Å². The van der Waals surface area contributed by atoms with Crippen molar-refractivity contribution in [3.8, 4) is 0 Å².